The van der Waals surface area contributed by atoms with Crippen molar-refractivity contribution in [1.29, 1.82) is 0 Å². The van der Waals surface area contributed by atoms with Crippen LogP contribution in [0.5, 0.6) is 0 Å². The summed E-state index contributed by atoms with van der Waals surface area (Å²) in [5.41, 5.74) is 7.01. The second-order valence-corrected chi connectivity index (χ2v) is 9.93. The normalized spacial score (nSPS) is 15.6. The highest BCUT2D eigenvalue weighted by Gasteiger charge is 2.33. The standard InChI is InChI=1S/C26H42N4O5/c1-7-17(6)22(30-23(31)19(27)14-18-11-9-8-10-12-18)25(33)28-20(13-15(2)3)24(32)29-21(16(4)5)26(34)35/h8-12,15-17,19-22H,7,13-14,27H2,1-6H3,(H,28,33)(H,29,32)(H,30,31)(H,34,35). The molecule has 0 spiro atoms. The Hall–Kier alpha value is -2.94. The Morgan fingerprint density at radius 1 is 0.857 bits per heavy atom. The molecule has 1 aromatic carbocycles. The largest absolute Gasteiger partial charge is 0.480 e. The molecule has 1 aromatic rings. The van der Waals surface area contributed by atoms with Crippen molar-refractivity contribution in [1.82, 2.24) is 16.0 Å². The van der Waals surface area contributed by atoms with E-state index < -0.39 is 47.9 Å². The number of carbonyl (C=O) groups is 4. The van der Waals surface area contributed by atoms with Gasteiger partial charge < -0.3 is 26.8 Å². The number of carboxylic acids is 1. The summed E-state index contributed by atoms with van der Waals surface area (Å²) in [6.45, 7) is 10.9. The first-order valence-electron chi connectivity index (χ1n) is 12.3. The van der Waals surface area contributed by atoms with Crippen molar-refractivity contribution >= 4 is 23.7 Å². The lowest BCUT2D eigenvalue weighted by atomic mass is 9.95. The van der Waals surface area contributed by atoms with Crippen molar-refractivity contribution in [2.24, 2.45) is 23.5 Å². The van der Waals surface area contributed by atoms with Gasteiger partial charge in [-0.15, -0.1) is 0 Å². The van der Waals surface area contributed by atoms with E-state index in [1.807, 2.05) is 58.0 Å². The number of rotatable bonds is 14. The van der Waals surface area contributed by atoms with Crippen LogP contribution in [0.4, 0.5) is 0 Å². The van der Waals surface area contributed by atoms with Crippen LogP contribution >= 0.6 is 0 Å². The maximum atomic E-state index is 13.2. The van der Waals surface area contributed by atoms with Gasteiger partial charge in [0.15, 0.2) is 0 Å². The lowest BCUT2D eigenvalue weighted by Gasteiger charge is -2.29. The number of carbonyl (C=O) groups excluding carboxylic acids is 3. The molecule has 0 aliphatic carbocycles. The van der Waals surface area contributed by atoms with Crippen LogP contribution in [-0.2, 0) is 25.6 Å². The summed E-state index contributed by atoms with van der Waals surface area (Å²) in [5.74, 6) is -3.15. The molecule has 0 aliphatic heterocycles. The van der Waals surface area contributed by atoms with Crippen molar-refractivity contribution in [3.05, 3.63) is 35.9 Å². The highest BCUT2D eigenvalue weighted by atomic mass is 16.4. The fraction of sp³-hybridized carbons (Fsp3) is 0.615. The van der Waals surface area contributed by atoms with E-state index in [4.69, 9.17) is 5.73 Å². The van der Waals surface area contributed by atoms with E-state index in [-0.39, 0.29) is 17.8 Å². The van der Waals surface area contributed by atoms with Crippen LogP contribution in [0.3, 0.4) is 0 Å². The highest BCUT2D eigenvalue weighted by molar-refractivity contribution is 5.94. The maximum absolute atomic E-state index is 13.2. The average Bonchev–Trinajstić information content (AvgIpc) is 2.79. The molecule has 9 nitrogen and oxygen atoms in total. The molecular formula is C26H42N4O5. The molecule has 5 atom stereocenters. The molecular weight excluding hydrogens is 448 g/mol. The van der Waals surface area contributed by atoms with Gasteiger partial charge in [0.05, 0.1) is 6.04 Å². The second kappa shape index (κ2) is 14.5. The summed E-state index contributed by atoms with van der Waals surface area (Å²) in [5, 5.41) is 17.5. The Balaban J connectivity index is 2.98. The summed E-state index contributed by atoms with van der Waals surface area (Å²) < 4.78 is 0. The zero-order chi connectivity index (χ0) is 26.7. The van der Waals surface area contributed by atoms with Gasteiger partial charge in [-0.2, -0.15) is 0 Å². The van der Waals surface area contributed by atoms with E-state index >= 15 is 0 Å². The molecule has 1 rings (SSSR count). The smallest absolute Gasteiger partial charge is 0.326 e. The number of carboxylic acid groups (broad SMARTS) is 1. The summed E-state index contributed by atoms with van der Waals surface area (Å²) >= 11 is 0. The predicted molar refractivity (Wildman–Crippen MR) is 135 cm³/mol. The van der Waals surface area contributed by atoms with E-state index in [1.165, 1.54) is 0 Å². The first-order valence-corrected chi connectivity index (χ1v) is 12.3. The lowest BCUT2D eigenvalue weighted by molar-refractivity contribution is -0.143. The van der Waals surface area contributed by atoms with Gasteiger partial charge in [0.2, 0.25) is 17.7 Å². The monoisotopic (exact) mass is 490 g/mol. The van der Waals surface area contributed by atoms with Gasteiger partial charge in [-0.25, -0.2) is 4.79 Å². The number of nitrogens with one attached hydrogen (secondary N) is 3. The Morgan fingerprint density at radius 3 is 1.91 bits per heavy atom. The van der Waals surface area contributed by atoms with Gasteiger partial charge in [-0.1, -0.05) is 78.3 Å². The van der Waals surface area contributed by atoms with Gasteiger partial charge in [0, 0.05) is 0 Å². The van der Waals surface area contributed by atoms with E-state index in [0.29, 0.717) is 19.3 Å². The number of hydrogen-bond donors (Lipinski definition) is 5. The first kappa shape index (κ1) is 30.1. The van der Waals surface area contributed by atoms with Crippen LogP contribution in [0.25, 0.3) is 0 Å². The van der Waals surface area contributed by atoms with Gasteiger partial charge in [0.25, 0.3) is 0 Å². The molecule has 0 radical (unpaired) electrons. The first-order chi connectivity index (χ1) is 16.4. The SMILES string of the molecule is CCC(C)C(NC(=O)C(N)Cc1ccccc1)C(=O)NC(CC(C)C)C(=O)NC(C(=O)O)C(C)C. The number of hydrogen-bond acceptors (Lipinski definition) is 5. The molecule has 0 fully saturated rings. The molecule has 5 unspecified atom stereocenters. The molecule has 0 saturated heterocycles. The summed E-state index contributed by atoms with van der Waals surface area (Å²) in [6.07, 6.45) is 1.25. The molecule has 9 heteroatoms. The fourth-order valence-electron chi connectivity index (χ4n) is 3.65. The van der Waals surface area contributed by atoms with Crippen molar-refractivity contribution in [2.45, 2.75) is 85.0 Å². The minimum atomic E-state index is -1.14. The molecule has 0 bridgehead atoms. The van der Waals surface area contributed by atoms with E-state index in [0.717, 1.165) is 5.56 Å². The van der Waals surface area contributed by atoms with Crippen LogP contribution in [-0.4, -0.2) is 53.0 Å². The Bertz CT molecular complexity index is 843. The lowest BCUT2D eigenvalue weighted by Crippen LogP contribution is -2.59. The van der Waals surface area contributed by atoms with Crippen molar-refractivity contribution in [2.75, 3.05) is 0 Å². The van der Waals surface area contributed by atoms with Crippen LogP contribution in [0, 0.1) is 17.8 Å². The zero-order valence-corrected chi connectivity index (χ0v) is 21.7. The zero-order valence-electron chi connectivity index (χ0n) is 21.7. The summed E-state index contributed by atoms with van der Waals surface area (Å²) in [4.78, 5) is 50.5. The quantitative estimate of drug-likeness (QED) is 0.268. The number of aliphatic carboxylic acids is 1. The highest BCUT2D eigenvalue weighted by Crippen LogP contribution is 2.12. The molecule has 0 aromatic heterocycles. The van der Waals surface area contributed by atoms with Crippen molar-refractivity contribution in [3.63, 3.8) is 0 Å². The molecule has 0 heterocycles. The number of benzene rings is 1. The number of amides is 3. The van der Waals surface area contributed by atoms with Crippen LogP contribution < -0.4 is 21.7 Å². The minimum absolute atomic E-state index is 0.0595. The Labute approximate surface area is 208 Å². The molecule has 0 aliphatic rings. The maximum Gasteiger partial charge on any atom is 0.326 e. The van der Waals surface area contributed by atoms with Gasteiger partial charge in [-0.05, 0) is 36.2 Å². The van der Waals surface area contributed by atoms with Gasteiger partial charge >= 0.3 is 5.97 Å². The van der Waals surface area contributed by atoms with Crippen LogP contribution in [0.1, 0.15) is 59.9 Å². The van der Waals surface area contributed by atoms with Crippen molar-refractivity contribution < 1.29 is 24.3 Å². The fourth-order valence-corrected chi connectivity index (χ4v) is 3.65. The van der Waals surface area contributed by atoms with E-state index in [1.54, 1.807) is 13.8 Å². The third-order valence-corrected chi connectivity index (χ3v) is 6.00. The van der Waals surface area contributed by atoms with Gasteiger partial charge in [0.1, 0.15) is 18.1 Å². The molecule has 3 amide bonds. The molecule has 0 saturated carbocycles. The van der Waals surface area contributed by atoms with Crippen molar-refractivity contribution in [3.8, 4) is 0 Å². The molecule has 196 valence electrons. The second-order valence-electron chi connectivity index (χ2n) is 9.93. The minimum Gasteiger partial charge on any atom is -0.480 e. The molecule has 35 heavy (non-hydrogen) atoms. The van der Waals surface area contributed by atoms with Crippen LogP contribution in [0.15, 0.2) is 30.3 Å². The summed E-state index contributed by atoms with van der Waals surface area (Å²) in [6, 6.07) is 5.62. The van der Waals surface area contributed by atoms with Crippen LogP contribution in [0.2, 0.25) is 0 Å². The third kappa shape index (κ3) is 10.1. The van der Waals surface area contributed by atoms with Gasteiger partial charge in [-0.3, -0.25) is 14.4 Å². The van der Waals surface area contributed by atoms with E-state index in [2.05, 4.69) is 16.0 Å². The Kier molecular flexibility index (Phi) is 12.4. The average molecular weight is 491 g/mol. The van der Waals surface area contributed by atoms with E-state index in [9.17, 15) is 24.3 Å². The Morgan fingerprint density at radius 2 is 1.43 bits per heavy atom. The molecule has 6 N–H and O–H groups in total. The topological polar surface area (TPSA) is 151 Å². The third-order valence-electron chi connectivity index (χ3n) is 6.00. The predicted octanol–water partition coefficient (Wildman–Crippen LogP) is 1.84. The summed E-state index contributed by atoms with van der Waals surface area (Å²) in [7, 11) is 0. The number of nitrogens with two attached hydrogens (primary N) is 1.